The van der Waals surface area contributed by atoms with Gasteiger partial charge < -0.3 is 9.47 Å². The zero-order valence-electron chi connectivity index (χ0n) is 11.9. The molecule has 0 bridgehead atoms. The summed E-state index contributed by atoms with van der Waals surface area (Å²) in [7, 11) is 0. The zero-order chi connectivity index (χ0) is 13.4. The number of imidazole rings is 1. The van der Waals surface area contributed by atoms with Crippen LogP contribution in [0.1, 0.15) is 50.0 Å². The molecule has 104 valence electrons. The molecule has 1 aromatic heterocycles. The smallest absolute Gasteiger partial charge is 0.222 e. The maximum Gasteiger partial charge on any atom is 0.222 e. The summed E-state index contributed by atoms with van der Waals surface area (Å²) in [6.45, 7) is 6.98. The first-order valence-electron chi connectivity index (χ1n) is 7.48. The molecule has 4 heteroatoms. The van der Waals surface area contributed by atoms with Crippen molar-refractivity contribution < 1.29 is 4.79 Å². The van der Waals surface area contributed by atoms with Crippen molar-refractivity contribution in [2.24, 2.45) is 5.92 Å². The molecule has 1 aromatic rings. The minimum absolute atomic E-state index is 0.298. The van der Waals surface area contributed by atoms with E-state index in [2.05, 4.69) is 16.5 Å². The van der Waals surface area contributed by atoms with Gasteiger partial charge in [-0.2, -0.15) is 0 Å². The molecule has 0 radical (unpaired) electrons. The van der Waals surface area contributed by atoms with Crippen LogP contribution in [-0.4, -0.2) is 33.4 Å². The van der Waals surface area contributed by atoms with Crippen LogP contribution in [0.5, 0.6) is 0 Å². The topological polar surface area (TPSA) is 38.1 Å². The Morgan fingerprint density at radius 1 is 1.42 bits per heavy atom. The van der Waals surface area contributed by atoms with E-state index in [0.29, 0.717) is 24.2 Å². The molecular formula is C15H23N3O. The quantitative estimate of drug-likeness (QED) is 0.834. The molecule has 2 heterocycles. The second-order valence-corrected chi connectivity index (χ2v) is 5.99. The molecule has 19 heavy (non-hydrogen) atoms. The van der Waals surface area contributed by atoms with E-state index in [1.165, 1.54) is 24.4 Å². The fourth-order valence-electron chi connectivity index (χ4n) is 3.07. The highest BCUT2D eigenvalue weighted by atomic mass is 16.2. The van der Waals surface area contributed by atoms with Crippen LogP contribution >= 0.6 is 0 Å². The van der Waals surface area contributed by atoms with Crippen molar-refractivity contribution in [1.29, 1.82) is 0 Å². The number of aromatic nitrogens is 2. The lowest BCUT2D eigenvalue weighted by molar-refractivity contribution is -0.129. The van der Waals surface area contributed by atoms with Gasteiger partial charge in [-0.15, -0.1) is 0 Å². The number of carbonyl (C=O) groups is 1. The fraction of sp³-hybridized carbons (Fsp3) is 0.733. The predicted molar refractivity (Wildman–Crippen MR) is 73.9 cm³/mol. The molecule has 3 rings (SSSR count). The van der Waals surface area contributed by atoms with E-state index in [9.17, 15) is 4.79 Å². The monoisotopic (exact) mass is 261 g/mol. The summed E-state index contributed by atoms with van der Waals surface area (Å²) < 4.78 is 2.39. The molecule has 1 amide bonds. The third-order valence-electron chi connectivity index (χ3n) is 4.41. The Morgan fingerprint density at radius 2 is 2.21 bits per heavy atom. The minimum atomic E-state index is 0.298. The van der Waals surface area contributed by atoms with Gasteiger partial charge in [-0.25, -0.2) is 4.98 Å². The number of hydrogen-bond donors (Lipinski definition) is 0. The average Bonchev–Trinajstić information content (AvgIpc) is 3.04. The average molecular weight is 261 g/mol. The van der Waals surface area contributed by atoms with Gasteiger partial charge in [-0.1, -0.05) is 6.92 Å². The summed E-state index contributed by atoms with van der Waals surface area (Å²) in [6, 6.07) is 0. The maximum absolute atomic E-state index is 11.7. The molecule has 1 aliphatic carbocycles. The van der Waals surface area contributed by atoms with Gasteiger partial charge in [0.2, 0.25) is 5.91 Å². The van der Waals surface area contributed by atoms with E-state index in [4.69, 9.17) is 0 Å². The summed E-state index contributed by atoms with van der Waals surface area (Å²) in [5.74, 6) is 2.87. The van der Waals surface area contributed by atoms with Crippen LogP contribution in [0.15, 0.2) is 6.20 Å². The summed E-state index contributed by atoms with van der Waals surface area (Å²) in [4.78, 5) is 18.3. The molecule has 1 atom stereocenters. The molecule has 4 nitrogen and oxygen atoms in total. The first-order chi connectivity index (χ1) is 9.19. The van der Waals surface area contributed by atoms with E-state index < -0.39 is 0 Å². The summed E-state index contributed by atoms with van der Waals surface area (Å²) in [5, 5.41) is 0. The number of aryl methyl sites for hydroxylation is 1. The van der Waals surface area contributed by atoms with Gasteiger partial charge in [-0.3, -0.25) is 4.79 Å². The molecule has 1 saturated heterocycles. The largest absolute Gasteiger partial charge is 0.342 e. The standard InChI is InChI=1S/C15H23N3O/c1-3-14(19)17-7-6-12(9-17)10-18-11(2)8-16-15(18)13-4-5-13/h8,12-13H,3-7,9-10H2,1-2H3. The second kappa shape index (κ2) is 4.99. The normalized spacial score (nSPS) is 23.1. The molecule has 0 aromatic carbocycles. The Kier molecular flexibility index (Phi) is 3.33. The van der Waals surface area contributed by atoms with Gasteiger partial charge in [0.15, 0.2) is 0 Å². The molecular weight excluding hydrogens is 238 g/mol. The number of hydrogen-bond acceptors (Lipinski definition) is 2. The highest BCUT2D eigenvalue weighted by Gasteiger charge is 2.31. The van der Waals surface area contributed by atoms with Crippen LogP contribution in [0.25, 0.3) is 0 Å². The predicted octanol–water partition coefficient (Wildman–Crippen LogP) is 2.33. The summed E-state index contributed by atoms with van der Waals surface area (Å²) >= 11 is 0. The summed E-state index contributed by atoms with van der Waals surface area (Å²) in [5.41, 5.74) is 1.27. The number of likely N-dealkylation sites (tertiary alicyclic amines) is 1. The molecule has 2 aliphatic rings. The Morgan fingerprint density at radius 3 is 2.89 bits per heavy atom. The van der Waals surface area contributed by atoms with E-state index in [0.717, 1.165) is 26.1 Å². The van der Waals surface area contributed by atoms with Crippen LogP contribution in [0, 0.1) is 12.8 Å². The summed E-state index contributed by atoms with van der Waals surface area (Å²) in [6.07, 6.45) is 6.35. The van der Waals surface area contributed by atoms with Crippen LogP contribution in [0.2, 0.25) is 0 Å². The molecule has 1 aliphatic heterocycles. The number of carbonyl (C=O) groups excluding carboxylic acids is 1. The first kappa shape index (κ1) is 12.7. The number of nitrogens with zero attached hydrogens (tertiary/aromatic N) is 3. The second-order valence-electron chi connectivity index (χ2n) is 5.99. The van der Waals surface area contributed by atoms with Crippen LogP contribution < -0.4 is 0 Å². The Balaban J connectivity index is 1.66. The number of rotatable bonds is 4. The molecule has 2 fully saturated rings. The van der Waals surface area contributed by atoms with Crippen molar-refractivity contribution in [2.45, 2.75) is 52.0 Å². The van der Waals surface area contributed by atoms with Gasteiger partial charge in [-0.05, 0) is 32.1 Å². The highest BCUT2D eigenvalue weighted by molar-refractivity contribution is 5.76. The minimum Gasteiger partial charge on any atom is -0.342 e. The third kappa shape index (κ3) is 2.53. The lowest BCUT2D eigenvalue weighted by atomic mass is 10.1. The van der Waals surface area contributed by atoms with Gasteiger partial charge in [0.05, 0.1) is 0 Å². The highest BCUT2D eigenvalue weighted by Crippen LogP contribution is 2.39. The first-order valence-corrected chi connectivity index (χ1v) is 7.48. The molecule has 0 spiro atoms. The lowest BCUT2D eigenvalue weighted by Gasteiger charge is -2.17. The lowest BCUT2D eigenvalue weighted by Crippen LogP contribution is -2.28. The van der Waals surface area contributed by atoms with E-state index in [1.54, 1.807) is 0 Å². The van der Waals surface area contributed by atoms with Crippen molar-refractivity contribution in [3.8, 4) is 0 Å². The van der Waals surface area contributed by atoms with Gasteiger partial charge in [0.25, 0.3) is 0 Å². The Labute approximate surface area is 114 Å². The SMILES string of the molecule is CCC(=O)N1CCC(Cn2c(C)cnc2C2CC2)C1. The van der Waals surface area contributed by atoms with E-state index >= 15 is 0 Å². The Hall–Kier alpha value is -1.32. The molecule has 1 unspecified atom stereocenters. The zero-order valence-corrected chi connectivity index (χ0v) is 11.9. The van der Waals surface area contributed by atoms with Gasteiger partial charge >= 0.3 is 0 Å². The third-order valence-corrected chi connectivity index (χ3v) is 4.41. The molecule has 0 N–H and O–H groups in total. The fourth-order valence-corrected chi connectivity index (χ4v) is 3.07. The van der Waals surface area contributed by atoms with Gasteiger partial charge in [0, 0.05) is 43.9 Å². The maximum atomic E-state index is 11.7. The molecule has 1 saturated carbocycles. The Bertz CT molecular complexity index is 476. The van der Waals surface area contributed by atoms with Crippen molar-refractivity contribution in [1.82, 2.24) is 14.5 Å². The van der Waals surface area contributed by atoms with Crippen LogP contribution in [0.4, 0.5) is 0 Å². The van der Waals surface area contributed by atoms with Crippen molar-refractivity contribution in [3.63, 3.8) is 0 Å². The van der Waals surface area contributed by atoms with Crippen molar-refractivity contribution in [3.05, 3.63) is 17.7 Å². The van der Waals surface area contributed by atoms with Gasteiger partial charge in [0.1, 0.15) is 5.82 Å². The van der Waals surface area contributed by atoms with E-state index in [-0.39, 0.29) is 0 Å². The van der Waals surface area contributed by atoms with E-state index in [1.807, 2.05) is 18.0 Å². The number of amides is 1. The van der Waals surface area contributed by atoms with Crippen LogP contribution in [-0.2, 0) is 11.3 Å². The van der Waals surface area contributed by atoms with Crippen molar-refractivity contribution in [2.75, 3.05) is 13.1 Å². The van der Waals surface area contributed by atoms with Crippen LogP contribution in [0.3, 0.4) is 0 Å². The van der Waals surface area contributed by atoms with Crippen molar-refractivity contribution >= 4 is 5.91 Å².